The van der Waals surface area contributed by atoms with Crippen molar-refractivity contribution in [3.05, 3.63) is 62.2 Å². The summed E-state index contributed by atoms with van der Waals surface area (Å²) in [4.78, 5) is 8.55. The number of allylic oxidation sites excluding steroid dienone is 7. The van der Waals surface area contributed by atoms with Crippen molar-refractivity contribution >= 4 is 49.8 Å². The lowest BCUT2D eigenvalue weighted by Crippen LogP contribution is -2.03. The highest BCUT2D eigenvalue weighted by Gasteiger charge is 2.19. The molecule has 0 atom stereocenters. The molecule has 2 aliphatic rings. The largest absolute Gasteiger partial charge is 0.496 e. The third-order valence-electron chi connectivity index (χ3n) is 5.19. The van der Waals surface area contributed by atoms with Crippen molar-refractivity contribution in [2.45, 2.75) is 46.5 Å². The highest BCUT2D eigenvalue weighted by Crippen LogP contribution is 2.38. The zero-order chi connectivity index (χ0) is 20.4. The zero-order valence-corrected chi connectivity index (χ0v) is 19.6. The summed E-state index contributed by atoms with van der Waals surface area (Å²) in [5.74, 6) is 1.18. The SMILES string of the molecule is COC1=C(C)/C=C(\C)CCC(CC2=Cc3nc(N)nc(Cl)c3C(I)=CC2)=C1C. The predicted octanol–water partition coefficient (Wildman–Crippen LogP) is 6.64. The van der Waals surface area contributed by atoms with Crippen LogP contribution in [0.2, 0.25) is 5.15 Å². The fourth-order valence-corrected chi connectivity index (χ4v) is 4.99. The van der Waals surface area contributed by atoms with Gasteiger partial charge in [-0.25, -0.2) is 9.97 Å². The van der Waals surface area contributed by atoms with Gasteiger partial charge >= 0.3 is 0 Å². The molecule has 0 aromatic carbocycles. The monoisotopic (exact) mass is 509 g/mol. The summed E-state index contributed by atoms with van der Waals surface area (Å²) in [6.45, 7) is 6.46. The van der Waals surface area contributed by atoms with Crippen molar-refractivity contribution in [2.24, 2.45) is 0 Å². The molecule has 0 unspecified atom stereocenters. The van der Waals surface area contributed by atoms with E-state index in [4.69, 9.17) is 22.1 Å². The van der Waals surface area contributed by atoms with Gasteiger partial charge in [0.2, 0.25) is 5.95 Å². The molecule has 0 spiro atoms. The van der Waals surface area contributed by atoms with Gasteiger partial charge in [0.1, 0.15) is 10.9 Å². The van der Waals surface area contributed by atoms with Crippen LogP contribution in [0.4, 0.5) is 5.95 Å². The van der Waals surface area contributed by atoms with Crippen molar-refractivity contribution in [3.63, 3.8) is 0 Å². The van der Waals surface area contributed by atoms with E-state index in [1.807, 2.05) is 0 Å². The number of halogens is 2. The van der Waals surface area contributed by atoms with Gasteiger partial charge < -0.3 is 10.5 Å². The van der Waals surface area contributed by atoms with Crippen LogP contribution in [0.3, 0.4) is 0 Å². The highest BCUT2D eigenvalue weighted by molar-refractivity contribution is 14.1. The van der Waals surface area contributed by atoms with E-state index in [0.717, 1.165) is 46.3 Å². The molecule has 0 aliphatic heterocycles. The third kappa shape index (κ3) is 4.51. The van der Waals surface area contributed by atoms with Crippen LogP contribution in [0.15, 0.2) is 45.8 Å². The molecule has 0 fully saturated rings. The average molecular weight is 510 g/mol. The number of nitrogens with zero attached hydrogens (tertiary/aromatic N) is 2. The maximum atomic E-state index is 6.34. The van der Waals surface area contributed by atoms with Crippen LogP contribution in [0.25, 0.3) is 9.66 Å². The lowest BCUT2D eigenvalue weighted by molar-refractivity contribution is 0.296. The van der Waals surface area contributed by atoms with Crippen molar-refractivity contribution < 1.29 is 4.74 Å². The number of ether oxygens (including phenoxy) is 1. The van der Waals surface area contributed by atoms with E-state index in [0.29, 0.717) is 5.15 Å². The van der Waals surface area contributed by atoms with E-state index >= 15 is 0 Å². The molecule has 2 aliphatic carbocycles. The number of anilines is 1. The molecular formula is C22H25ClIN3O. The third-order valence-corrected chi connectivity index (χ3v) is 6.44. The summed E-state index contributed by atoms with van der Waals surface area (Å²) < 4.78 is 6.79. The normalized spacial score (nSPS) is 19.7. The van der Waals surface area contributed by atoms with E-state index in [9.17, 15) is 0 Å². The van der Waals surface area contributed by atoms with Gasteiger partial charge in [0, 0.05) is 3.58 Å². The second kappa shape index (κ2) is 8.82. The summed E-state index contributed by atoms with van der Waals surface area (Å²) in [6, 6.07) is 0. The van der Waals surface area contributed by atoms with Crippen molar-refractivity contribution in [2.75, 3.05) is 12.8 Å². The minimum atomic E-state index is 0.202. The summed E-state index contributed by atoms with van der Waals surface area (Å²) in [5.41, 5.74) is 14.0. The van der Waals surface area contributed by atoms with Crippen LogP contribution in [0, 0.1) is 0 Å². The Balaban J connectivity index is 2.03. The van der Waals surface area contributed by atoms with Crippen molar-refractivity contribution in [1.29, 1.82) is 0 Å². The van der Waals surface area contributed by atoms with Gasteiger partial charge in [0.25, 0.3) is 0 Å². The number of hydrogen-bond donors (Lipinski definition) is 1. The van der Waals surface area contributed by atoms with Gasteiger partial charge in [-0.05, 0) is 86.3 Å². The molecule has 148 valence electrons. The molecule has 3 rings (SSSR count). The maximum absolute atomic E-state index is 6.34. The first-order valence-electron chi connectivity index (χ1n) is 9.29. The Morgan fingerprint density at radius 2 is 1.93 bits per heavy atom. The Labute approximate surface area is 185 Å². The lowest BCUT2D eigenvalue weighted by atomic mass is 9.89. The number of methoxy groups -OCH3 is 1. The Bertz CT molecular complexity index is 970. The number of aromatic nitrogens is 2. The molecule has 6 heteroatoms. The van der Waals surface area contributed by atoms with Gasteiger partial charge in [0.15, 0.2) is 0 Å². The lowest BCUT2D eigenvalue weighted by Gasteiger charge is -2.20. The number of nitrogen functional groups attached to an aromatic ring is 1. The number of hydrogen-bond acceptors (Lipinski definition) is 4. The number of fused-ring (bicyclic) bond motifs is 1. The topological polar surface area (TPSA) is 61.0 Å². The van der Waals surface area contributed by atoms with Gasteiger partial charge in [-0.3, -0.25) is 0 Å². The van der Waals surface area contributed by atoms with Crippen LogP contribution in [-0.2, 0) is 4.74 Å². The van der Waals surface area contributed by atoms with Crippen LogP contribution in [-0.4, -0.2) is 17.1 Å². The van der Waals surface area contributed by atoms with E-state index in [-0.39, 0.29) is 5.95 Å². The van der Waals surface area contributed by atoms with Crippen LogP contribution < -0.4 is 5.73 Å². The molecule has 0 saturated heterocycles. The maximum Gasteiger partial charge on any atom is 0.222 e. The predicted molar refractivity (Wildman–Crippen MR) is 126 cm³/mol. The van der Waals surface area contributed by atoms with Crippen molar-refractivity contribution in [3.8, 4) is 0 Å². The first-order valence-corrected chi connectivity index (χ1v) is 10.7. The van der Waals surface area contributed by atoms with Crippen LogP contribution in [0.5, 0.6) is 0 Å². The minimum absolute atomic E-state index is 0.202. The standard InChI is InChI=1S/C22H25ClIN3O/c1-12-5-7-16(14(3)20(28-4)13(2)9-12)10-15-6-8-17(24)19-18(11-15)26-22(25)27-21(19)23/h8-9,11H,5-7,10H2,1-4H3,(H2,25,26,27)/b12-9+,16-14?,20-13?. The first-order chi connectivity index (χ1) is 13.3. The zero-order valence-electron chi connectivity index (χ0n) is 16.7. The summed E-state index contributed by atoms with van der Waals surface area (Å²) in [6.07, 6.45) is 10.3. The van der Waals surface area contributed by atoms with Gasteiger partial charge in [-0.1, -0.05) is 40.5 Å². The summed E-state index contributed by atoms with van der Waals surface area (Å²) >= 11 is 8.64. The van der Waals surface area contributed by atoms with E-state index in [1.165, 1.54) is 27.9 Å². The number of rotatable bonds is 3. The Morgan fingerprint density at radius 1 is 1.18 bits per heavy atom. The Hall–Kier alpha value is -1.60. The second-order valence-corrected chi connectivity index (χ2v) is 8.82. The molecule has 4 nitrogen and oxygen atoms in total. The van der Waals surface area contributed by atoms with Gasteiger partial charge in [-0.15, -0.1) is 0 Å². The minimum Gasteiger partial charge on any atom is -0.496 e. The molecule has 0 bridgehead atoms. The summed E-state index contributed by atoms with van der Waals surface area (Å²) in [5, 5.41) is 0.406. The molecule has 0 amide bonds. The second-order valence-electron chi connectivity index (χ2n) is 7.30. The Morgan fingerprint density at radius 3 is 2.64 bits per heavy atom. The van der Waals surface area contributed by atoms with Crippen molar-refractivity contribution in [1.82, 2.24) is 9.97 Å². The molecule has 0 saturated carbocycles. The van der Waals surface area contributed by atoms with E-state index in [1.54, 1.807) is 7.11 Å². The molecule has 28 heavy (non-hydrogen) atoms. The Kier molecular flexibility index (Phi) is 6.65. The fraction of sp³-hybridized carbons (Fsp3) is 0.364. The average Bonchev–Trinajstić information content (AvgIpc) is 2.76. The van der Waals surface area contributed by atoms with Gasteiger partial charge in [0.05, 0.1) is 18.4 Å². The molecule has 1 heterocycles. The number of nitrogens with two attached hydrogens (primary N) is 1. The molecular weight excluding hydrogens is 485 g/mol. The van der Waals surface area contributed by atoms with Crippen LogP contribution in [0.1, 0.15) is 57.7 Å². The molecule has 2 N–H and O–H groups in total. The first kappa shape index (κ1) is 21.1. The molecule has 1 aromatic heterocycles. The van der Waals surface area contributed by atoms with Gasteiger partial charge in [-0.2, -0.15) is 0 Å². The quantitative estimate of drug-likeness (QED) is 0.366. The highest BCUT2D eigenvalue weighted by atomic mass is 127. The molecule has 0 radical (unpaired) electrons. The smallest absolute Gasteiger partial charge is 0.222 e. The van der Waals surface area contributed by atoms with E-state index < -0.39 is 0 Å². The molecule has 1 aromatic rings. The summed E-state index contributed by atoms with van der Waals surface area (Å²) in [7, 11) is 1.75. The van der Waals surface area contributed by atoms with E-state index in [2.05, 4.69) is 71.6 Å². The van der Waals surface area contributed by atoms with Crippen LogP contribution >= 0.6 is 34.2 Å². The fourth-order valence-electron chi connectivity index (χ4n) is 3.80.